The molecular formula is C33H35F2N3O5S. The van der Waals surface area contributed by atoms with E-state index < -0.39 is 41.1 Å². The Balaban J connectivity index is 1.58. The van der Waals surface area contributed by atoms with Crippen LogP contribution < -0.4 is 15.2 Å². The van der Waals surface area contributed by atoms with Gasteiger partial charge in [0.15, 0.2) is 17.3 Å². The number of carbonyl (C=O) groups excluding carboxylic acids is 2. The summed E-state index contributed by atoms with van der Waals surface area (Å²) in [6.07, 6.45) is 5.55. The lowest BCUT2D eigenvalue weighted by Crippen LogP contribution is -2.64. The van der Waals surface area contributed by atoms with Gasteiger partial charge in [-0.1, -0.05) is 50.5 Å². The summed E-state index contributed by atoms with van der Waals surface area (Å²) in [5.41, 5.74) is 1.04. The van der Waals surface area contributed by atoms with Crippen LogP contribution in [-0.4, -0.2) is 47.9 Å². The molecule has 11 heteroatoms. The molecule has 232 valence electrons. The van der Waals surface area contributed by atoms with Crippen molar-refractivity contribution in [3.63, 3.8) is 0 Å². The van der Waals surface area contributed by atoms with Gasteiger partial charge in [0.2, 0.25) is 11.2 Å². The number of esters is 1. The highest BCUT2D eigenvalue weighted by Crippen LogP contribution is 2.46. The second kappa shape index (κ2) is 12.7. The lowest BCUT2D eigenvalue weighted by atomic mass is 9.87. The monoisotopic (exact) mass is 623 g/mol. The third-order valence-corrected chi connectivity index (χ3v) is 9.92. The molecule has 0 radical (unpaired) electrons. The minimum absolute atomic E-state index is 0.0648. The molecule has 8 nitrogen and oxygen atoms in total. The molecule has 1 fully saturated rings. The third kappa shape index (κ3) is 5.40. The normalized spacial score (nSPS) is 20.7. The standard InChI is InChI=1S/C33H35F2N3O5S/c1-3-4-7-20-12-15-36-27(18-20)38(37-16-13-25(39)32(31(37)33(36)41)43-28(40)14-17-42-2)30-21-10-11-24(34)29(35)23(21)19-44-26-9-6-5-8-22(26)30/h5-6,8-11,13,16,20,27,30H,3-4,7,12,14-15,17-19H2,1-2H3/t20?,27-,30?/m1/s1. The molecule has 3 aromatic rings. The Morgan fingerprint density at radius 3 is 2.70 bits per heavy atom. The van der Waals surface area contributed by atoms with Crippen LogP contribution in [0.25, 0.3) is 0 Å². The zero-order chi connectivity index (χ0) is 31.0. The molecule has 0 bridgehead atoms. The van der Waals surface area contributed by atoms with Gasteiger partial charge in [0.25, 0.3) is 5.91 Å². The molecule has 1 amide bonds. The van der Waals surface area contributed by atoms with E-state index in [1.165, 1.54) is 31.1 Å². The zero-order valence-electron chi connectivity index (χ0n) is 24.8. The lowest BCUT2D eigenvalue weighted by Gasteiger charge is -2.53. The van der Waals surface area contributed by atoms with Gasteiger partial charge in [0.1, 0.15) is 6.17 Å². The third-order valence-electron chi connectivity index (χ3n) is 8.80. The molecule has 44 heavy (non-hydrogen) atoms. The Morgan fingerprint density at radius 2 is 1.91 bits per heavy atom. The van der Waals surface area contributed by atoms with Gasteiger partial charge in [0, 0.05) is 42.1 Å². The molecule has 1 saturated heterocycles. The molecule has 0 N–H and O–H groups in total. The van der Waals surface area contributed by atoms with Gasteiger partial charge >= 0.3 is 5.97 Å². The van der Waals surface area contributed by atoms with E-state index in [1.54, 1.807) is 15.6 Å². The average molecular weight is 624 g/mol. The summed E-state index contributed by atoms with van der Waals surface area (Å²) >= 11 is 1.43. The summed E-state index contributed by atoms with van der Waals surface area (Å²) < 4.78 is 42.3. The first kappa shape index (κ1) is 30.3. The summed E-state index contributed by atoms with van der Waals surface area (Å²) in [6, 6.07) is 11.1. The summed E-state index contributed by atoms with van der Waals surface area (Å²) in [5, 5.41) is 2.00. The van der Waals surface area contributed by atoms with Gasteiger partial charge in [-0.05, 0) is 42.0 Å². The van der Waals surface area contributed by atoms with Gasteiger partial charge in [-0.3, -0.25) is 24.1 Å². The maximum atomic E-state index is 15.5. The van der Waals surface area contributed by atoms with E-state index in [0.29, 0.717) is 24.4 Å². The van der Waals surface area contributed by atoms with Gasteiger partial charge < -0.3 is 14.4 Å². The summed E-state index contributed by atoms with van der Waals surface area (Å²) in [6.45, 7) is 2.69. The Kier molecular flexibility index (Phi) is 8.77. The molecule has 0 saturated carbocycles. The number of hydrogen-bond donors (Lipinski definition) is 0. The first-order valence-corrected chi connectivity index (χ1v) is 16.1. The molecule has 6 rings (SSSR count). The quantitative estimate of drug-likeness (QED) is 0.294. The Bertz CT molecular complexity index is 1650. The van der Waals surface area contributed by atoms with E-state index >= 15 is 4.39 Å². The number of piperidine rings is 1. The molecule has 2 unspecified atom stereocenters. The number of nitrogens with zero attached hydrogens (tertiary/aromatic N) is 3. The van der Waals surface area contributed by atoms with E-state index in [1.807, 2.05) is 29.3 Å². The van der Waals surface area contributed by atoms with Crippen molar-refractivity contribution >= 4 is 23.6 Å². The summed E-state index contributed by atoms with van der Waals surface area (Å²) in [5.74, 6) is -2.70. The van der Waals surface area contributed by atoms with Crippen LogP contribution in [-0.2, 0) is 15.3 Å². The van der Waals surface area contributed by atoms with Crippen LogP contribution in [0.4, 0.5) is 8.78 Å². The molecule has 3 aliphatic rings. The first-order chi connectivity index (χ1) is 21.3. The molecule has 2 aromatic carbocycles. The Morgan fingerprint density at radius 1 is 1.09 bits per heavy atom. The Hall–Kier alpha value is -3.70. The first-order valence-electron chi connectivity index (χ1n) is 15.1. The average Bonchev–Trinajstić information content (AvgIpc) is 3.19. The predicted octanol–water partition coefficient (Wildman–Crippen LogP) is 5.78. The Labute approximate surface area is 258 Å². The van der Waals surface area contributed by atoms with E-state index in [-0.39, 0.29) is 35.8 Å². The highest BCUT2D eigenvalue weighted by atomic mass is 32.2. The number of unbranched alkanes of at least 4 members (excludes halogenated alkanes) is 1. The van der Waals surface area contributed by atoms with Crippen LogP contribution in [0.3, 0.4) is 0 Å². The number of methoxy groups -OCH3 is 1. The number of fused-ring (bicyclic) bond motifs is 4. The van der Waals surface area contributed by atoms with Gasteiger partial charge in [0.05, 0.1) is 19.1 Å². The van der Waals surface area contributed by atoms with E-state index in [4.69, 9.17) is 9.47 Å². The van der Waals surface area contributed by atoms with Crippen LogP contribution >= 0.6 is 11.8 Å². The molecule has 0 spiro atoms. The number of amides is 1. The number of rotatable bonds is 8. The van der Waals surface area contributed by atoms with Crippen molar-refractivity contribution < 1.29 is 27.8 Å². The van der Waals surface area contributed by atoms with Crippen molar-refractivity contribution in [1.29, 1.82) is 0 Å². The second-order valence-corrected chi connectivity index (χ2v) is 12.5. The number of ether oxygens (including phenoxy) is 2. The number of hydrogen-bond acceptors (Lipinski definition) is 7. The van der Waals surface area contributed by atoms with Crippen molar-refractivity contribution in [3.05, 3.63) is 92.9 Å². The van der Waals surface area contributed by atoms with Crippen molar-refractivity contribution in [2.45, 2.75) is 68.3 Å². The fourth-order valence-electron chi connectivity index (χ4n) is 6.63. The smallest absolute Gasteiger partial charge is 0.313 e. The lowest BCUT2D eigenvalue weighted by molar-refractivity contribution is -0.135. The number of thioether (sulfide) groups is 1. The van der Waals surface area contributed by atoms with Crippen LogP contribution in [0.15, 0.2) is 58.4 Å². The maximum Gasteiger partial charge on any atom is 0.313 e. The molecule has 3 atom stereocenters. The molecular weight excluding hydrogens is 588 g/mol. The highest BCUT2D eigenvalue weighted by molar-refractivity contribution is 7.98. The zero-order valence-corrected chi connectivity index (χ0v) is 25.6. The van der Waals surface area contributed by atoms with Crippen molar-refractivity contribution in [2.24, 2.45) is 5.92 Å². The summed E-state index contributed by atoms with van der Waals surface area (Å²) in [7, 11) is 1.45. The number of halogens is 2. The van der Waals surface area contributed by atoms with Crippen LogP contribution in [0.1, 0.15) is 78.7 Å². The summed E-state index contributed by atoms with van der Waals surface area (Å²) in [4.78, 5) is 42.8. The van der Waals surface area contributed by atoms with E-state index in [0.717, 1.165) is 42.2 Å². The van der Waals surface area contributed by atoms with Crippen molar-refractivity contribution in [2.75, 3.05) is 25.3 Å². The van der Waals surface area contributed by atoms with Gasteiger partial charge in [-0.25, -0.2) is 8.78 Å². The van der Waals surface area contributed by atoms with E-state index in [2.05, 4.69) is 6.92 Å². The number of carbonyl (C=O) groups is 2. The number of aromatic nitrogens is 1. The van der Waals surface area contributed by atoms with E-state index in [9.17, 15) is 18.8 Å². The number of benzene rings is 2. The molecule has 4 heterocycles. The molecule has 0 aliphatic carbocycles. The largest absolute Gasteiger partial charge is 0.420 e. The minimum atomic E-state index is -0.920. The van der Waals surface area contributed by atoms with Crippen LogP contribution in [0, 0.1) is 17.6 Å². The second-order valence-electron chi connectivity index (χ2n) is 11.5. The maximum absolute atomic E-state index is 15.5. The van der Waals surface area contributed by atoms with Crippen LogP contribution in [0.5, 0.6) is 5.75 Å². The van der Waals surface area contributed by atoms with Crippen LogP contribution in [0.2, 0.25) is 0 Å². The molecule has 1 aromatic heterocycles. The topological polar surface area (TPSA) is 81.1 Å². The van der Waals surface area contributed by atoms with Crippen molar-refractivity contribution in [1.82, 2.24) is 9.58 Å². The fourth-order valence-corrected chi connectivity index (χ4v) is 7.74. The minimum Gasteiger partial charge on any atom is -0.420 e. The van der Waals surface area contributed by atoms with Crippen molar-refractivity contribution in [3.8, 4) is 5.75 Å². The van der Waals surface area contributed by atoms with Gasteiger partial charge in [-0.15, -0.1) is 11.8 Å². The predicted molar refractivity (Wildman–Crippen MR) is 162 cm³/mol. The SMILES string of the molecule is CCCCC1CCN2C(=O)c3c(OC(=O)CCOC)c(=O)ccn3N(C3c4ccccc4SCc4c3ccc(F)c4F)[C@@H]2C1. The number of pyridine rings is 1. The fraction of sp³-hybridized carbons (Fsp3) is 0.424. The highest BCUT2D eigenvalue weighted by Gasteiger charge is 2.47. The van der Waals surface area contributed by atoms with Gasteiger partial charge in [-0.2, -0.15) is 0 Å². The molecule has 3 aliphatic heterocycles.